The fraction of sp³-hybridized carbons (Fsp3) is 0.286. The molecule has 0 aliphatic rings. The Hall–Kier alpha value is -1.85. The van der Waals surface area contributed by atoms with E-state index < -0.39 is 0 Å². The van der Waals surface area contributed by atoms with Crippen molar-refractivity contribution in [3.8, 4) is 0 Å². The number of carbonyl (C=O) groups is 3. The number of amides is 1. The van der Waals surface area contributed by atoms with E-state index in [-0.39, 0.29) is 18.1 Å². The molecule has 0 saturated carbocycles. The quantitative estimate of drug-likeness (QED) is 0.376. The van der Waals surface area contributed by atoms with Crippen molar-refractivity contribution in [1.82, 2.24) is 10.2 Å². The average Bonchev–Trinajstić information content (AvgIpc) is 2.17. The number of nitrogens with zero attached hydrogens (tertiary/aromatic N) is 1. The Morgan fingerprint density at radius 1 is 1.46 bits per heavy atom. The van der Waals surface area contributed by atoms with E-state index in [0.29, 0.717) is 19.0 Å². The van der Waals surface area contributed by atoms with Gasteiger partial charge in [0.05, 0.1) is 6.54 Å². The number of hydrogen-bond acceptors (Lipinski definition) is 5. The van der Waals surface area contributed by atoms with Gasteiger partial charge in [0.1, 0.15) is 17.8 Å². The van der Waals surface area contributed by atoms with Crippen molar-refractivity contribution in [2.45, 2.75) is 0 Å². The van der Waals surface area contributed by atoms with Gasteiger partial charge in [0.25, 0.3) is 0 Å². The summed E-state index contributed by atoms with van der Waals surface area (Å²) in [7, 11) is 1.40. The van der Waals surface area contributed by atoms with E-state index in [1.807, 2.05) is 0 Å². The molecule has 0 rings (SSSR count). The third kappa shape index (κ3) is 3.37. The maximum absolute atomic E-state index is 10.4. The summed E-state index contributed by atoms with van der Waals surface area (Å²) in [5.41, 5.74) is 5.40. The van der Waals surface area contributed by atoms with E-state index in [9.17, 15) is 14.4 Å². The van der Waals surface area contributed by atoms with E-state index in [2.05, 4.69) is 5.32 Å². The first-order chi connectivity index (χ1) is 6.17. The SMILES string of the molecule is CN(C=O)/C(N)=C(\C=O)NCC=O. The highest BCUT2D eigenvalue weighted by molar-refractivity contribution is 5.75. The molecule has 6 heteroatoms. The number of allylic oxidation sites excluding steroid dienone is 1. The van der Waals surface area contributed by atoms with Gasteiger partial charge in [-0.2, -0.15) is 0 Å². The van der Waals surface area contributed by atoms with Gasteiger partial charge in [-0.15, -0.1) is 0 Å². The highest BCUT2D eigenvalue weighted by atomic mass is 16.1. The summed E-state index contributed by atoms with van der Waals surface area (Å²) in [6.07, 6.45) is 1.48. The van der Waals surface area contributed by atoms with Crippen LogP contribution in [0.4, 0.5) is 0 Å². The lowest BCUT2D eigenvalue weighted by molar-refractivity contribution is -0.115. The summed E-state index contributed by atoms with van der Waals surface area (Å²) in [5.74, 6) is -0.0214. The van der Waals surface area contributed by atoms with Gasteiger partial charge in [-0.05, 0) is 0 Å². The summed E-state index contributed by atoms with van der Waals surface area (Å²) in [4.78, 5) is 31.6. The molecule has 13 heavy (non-hydrogen) atoms. The Balaban J connectivity index is 4.56. The van der Waals surface area contributed by atoms with Gasteiger partial charge in [0.2, 0.25) is 6.41 Å². The molecule has 0 bridgehead atoms. The molecule has 0 atom stereocenters. The monoisotopic (exact) mass is 185 g/mol. The summed E-state index contributed by atoms with van der Waals surface area (Å²) in [5, 5.41) is 2.45. The van der Waals surface area contributed by atoms with Crippen molar-refractivity contribution in [1.29, 1.82) is 0 Å². The lowest BCUT2D eigenvalue weighted by Gasteiger charge is -2.13. The first-order valence-electron chi connectivity index (χ1n) is 3.48. The summed E-state index contributed by atoms with van der Waals surface area (Å²) in [6.45, 7) is -0.0263. The molecule has 0 heterocycles. The van der Waals surface area contributed by atoms with Crippen LogP contribution < -0.4 is 11.1 Å². The smallest absolute Gasteiger partial charge is 0.215 e. The average molecular weight is 185 g/mol. The molecular formula is C7H11N3O3. The molecule has 0 aliphatic heterocycles. The zero-order valence-corrected chi connectivity index (χ0v) is 7.19. The lowest BCUT2D eigenvalue weighted by Crippen LogP contribution is -2.30. The van der Waals surface area contributed by atoms with Crippen molar-refractivity contribution >= 4 is 19.0 Å². The molecule has 3 N–H and O–H groups in total. The molecule has 0 radical (unpaired) electrons. The van der Waals surface area contributed by atoms with Crippen molar-refractivity contribution in [3.05, 3.63) is 11.5 Å². The number of nitrogens with two attached hydrogens (primary N) is 1. The van der Waals surface area contributed by atoms with E-state index >= 15 is 0 Å². The fourth-order valence-electron chi connectivity index (χ4n) is 0.591. The highest BCUT2D eigenvalue weighted by Crippen LogP contribution is 1.93. The maximum atomic E-state index is 10.4. The van der Waals surface area contributed by atoms with Crippen LogP contribution in [0.15, 0.2) is 11.5 Å². The normalized spacial score (nSPS) is 11.2. The molecule has 1 amide bonds. The first kappa shape index (κ1) is 11.2. The van der Waals surface area contributed by atoms with Crippen molar-refractivity contribution in [2.24, 2.45) is 5.73 Å². The van der Waals surface area contributed by atoms with Gasteiger partial charge in [0.15, 0.2) is 6.29 Å². The van der Waals surface area contributed by atoms with E-state index in [1.54, 1.807) is 0 Å². The van der Waals surface area contributed by atoms with Crippen LogP contribution in [0.3, 0.4) is 0 Å². The van der Waals surface area contributed by atoms with Gasteiger partial charge < -0.3 is 20.7 Å². The largest absolute Gasteiger partial charge is 0.383 e. The minimum absolute atomic E-state index is 0.0155. The van der Waals surface area contributed by atoms with Gasteiger partial charge in [-0.3, -0.25) is 9.59 Å². The molecule has 0 saturated heterocycles. The molecule has 0 aromatic rings. The number of carbonyl (C=O) groups excluding carboxylic acids is 3. The second kappa shape index (κ2) is 5.76. The summed E-state index contributed by atoms with van der Waals surface area (Å²) in [6, 6.07) is 0. The van der Waals surface area contributed by atoms with Crippen molar-refractivity contribution < 1.29 is 14.4 Å². The van der Waals surface area contributed by atoms with Gasteiger partial charge in [0, 0.05) is 7.05 Å². The molecule has 0 aromatic carbocycles. The minimum Gasteiger partial charge on any atom is -0.383 e. The van der Waals surface area contributed by atoms with Crippen LogP contribution in [-0.4, -0.2) is 37.5 Å². The van der Waals surface area contributed by atoms with Crippen LogP contribution in [0.2, 0.25) is 0 Å². The second-order valence-corrected chi connectivity index (χ2v) is 2.18. The topological polar surface area (TPSA) is 92.5 Å². The zero-order valence-electron chi connectivity index (χ0n) is 7.19. The fourth-order valence-corrected chi connectivity index (χ4v) is 0.591. The Bertz CT molecular complexity index is 237. The second-order valence-electron chi connectivity index (χ2n) is 2.18. The van der Waals surface area contributed by atoms with Crippen molar-refractivity contribution in [3.63, 3.8) is 0 Å². The Kier molecular flexibility index (Phi) is 4.94. The van der Waals surface area contributed by atoms with E-state index in [4.69, 9.17) is 5.73 Å². The molecule has 0 unspecified atom stereocenters. The van der Waals surface area contributed by atoms with Gasteiger partial charge >= 0.3 is 0 Å². The third-order valence-corrected chi connectivity index (χ3v) is 1.31. The maximum Gasteiger partial charge on any atom is 0.215 e. The van der Waals surface area contributed by atoms with E-state index in [1.165, 1.54) is 7.05 Å². The van der Waals surface area contributed by atoms with Gasteiger partial charge in [-0.1, -0.05) is 0 Å². The Labute approximate surface area is 75.4 Å². The van der Waals surface area contributed by atoms with Gasteiger partial charge in [-0.25, -0.2) is 0 Å². The highest BCUT2D eigenvalue weighted by Gasteiger charge is 2.05. The molecule has 72 valence electrons. The molecule has 0 aromatic heterocycles. The molecule has 6 nitrogen and oxygen atoms in total. The Morgan fingerprint density at radius 3 is 2.46 bits per heavy atom. The van der Waals surface area contributed by atoms with Crippen LogP contribution in [0.5, 0.6) is 0 Å². The minimum atomic E-state index is -0.0263. The molecular weight excluding hydrogens is 174 g/mol. The summed E-state index contributed by atoms with van der Waals surface area (Å²) < 4.78 is 0. The summed E-state index contributed by atoms with van der Waals surface area (Å²) >= 11 is 0. The van der Waals surface area contributed by atoms with Crippen molar-refractivity contribution in [2.75, 3.05) is 13.6 Å². The molecule has 0 fully saturated rings. The third-order valence-electron chi connectivity index (χ3n) is 1.31. The van der Waals surface area contributed by atoms with Crippen LogP contribution in [-0.2, 0) is 14.4 Å². The number of aldehydes is 2. The van der Waals surface area contributed by atoms with Crippen LogP contribution in [0.1, 0.15) is 0 Å². The predicted octanol–water partition coefficient (Wildman–Crippen LogP) is -1.81. The number of nitrogens with one attached hydrogen (secondary N) is 1. The number of hydrogen-bond donors (Lipinski definition) is 2. The lowest BCUT2D eigenvalue weighted by atomic mass is 10.4. The Morgan fingerprint density at radius 2 is 2.08 bits per heavy atom. The predicted molar refractivity (Wildman–Crippen MR) is 45.2 cm³/mol. The standard InChI is InChI=1S/C7H11N3O3/c1-10(5-13)7(8)6(4-12)9-2-3-11/h3-5,9H,2,8H2,1H3/b7-6+. The van der Waals surface area contributed by atoms with Crippen LogP contribution in [0, 0.1) is 0 Å². The first-order valence-corrected chi connectivity index (χ1v) is 3.48. The van der Waals surface area contributed by atoms with Crippen LogP contribution in [0.25, 0.3) is 0 Å². The van der Waals surface area contributed by atoms with Crippen LogP contribution >= 0.6 is 0 Å². The van der Waals surface area contributed by atoms with E-state index in [0.717, 1.165) is 4.90 Å². The number of rotatable bonds is 6. The zero-order chi connectivity index (χ0) is 10.3. The molecule has 0 spiro atoms. The molecule has 0 aliphatic carbocycles.